The van der Waals surface area contributed by atoms with Crippen LogP contribution in [0, 0.1) is 0 Å². The maximum atomic E-state index is 13.7. The van der Waals surface area contributed by atoms with E-state index in [1.54, 1.807) is 4.90 Å². The molecule has 182 valence electrons. The predicted octanol–water partition coefficient (Wildman–Crippen LogP) is 6.13. The van der Waals surface area contributed by atoms with E-state index in [-0.39, 0.29) is 23.6 Å². The predicted molar refractivity (Wildman–Crippen MR) is 144 cm³/mol. The molecule has 1 aliphatic rings. The topological polar surface area (TPSA) is 49.4 Å². The average molecular weight is 507 g/mol. The zero-order valence-corrected chi connectivity index (χ0v) is 21.3. The van der Waals surface area contributed by atoms with Gasteiger partial charge in [-0.2, -0.15) is 0 Å². The highest BCUT2D eigenvalue weighted by molar-refractivity contribution is 8.00. The minimum absolute atomic E-state index is 0.0590. The molecule has 0 aliphatic heterocycles. The first-order valence-electron chi connectivity index (χ1n) is 12.1. The Morgan fingerprint density at radius 1 is 0.886 bits per heavy atom. The van der Waals surface area contributed by atoms with Gasteiger partial charge in [0.1, 0.15) is 6.04 Å². The summed E-state index contributed by atoms with van der Waals surface area (Å²) in [5.41, 5.74) is 1.97. The van der Waals surface area contributed by atoms with Gasteiger partial charge in [-0.3, -0.25) is 9.59 Å². The van der Waals surface area contributed by atoms with Crippen molar-refractivity contribution < 1.29 is 9.59 Å². The molecule has 1 aliphatic carbocycles. The van der Waals surface area contributed by atoms with E-state index < -0.39 is 6.04 Å². The summed E-state index contributed by atoms with van der Waals surface area (Å²) in [5, 5.41) is 3.89. The van der Waals surface area contributed by atoms with E-state index in [2.05, 4.69) is 5.32 Å². The number of thioether (sulfide) groups is 1. The molecule has 3 aromatic carbocycles. The molecule has 0 radical (unpaired) electrons. The number of nitrogens with one attached hydrogen (secondary N) is 1. The Morgan fingerprint density at radius 3 is 2.17 bits per heavy atom. The molecule has 0 saturated heterocycles. The van der Waals surface area contributed by atoms with Gasteiger partial charge in [0.15, 0.2) is 0 Å². The SMILES string of the molecule is O=C(NC1CCCC1)C(Cc1ccccc1)N(Cc1ccc(Cl)cc1)C(=O)CSc1ccccc1. The van der Waals surface area contributed by atoms with E-state index in [4.69, 9.17) is 11.6 Å². The summed E-state index contributed by atoms with van der Waals surface area (Å²) in [6.07, 6.45) is 4.73. The molecule has 0 heterocycles. The zero-order chi connectivity index (χ0) is 24.5. The summed E-state index contributed by atoms with van der Waals surface area (Å²) in [5.74, 6) is 0.128. The lowest BCUT2D eigenvalue weighted by molar-refractivity contribution is -0.139. The molecule has 35 heavy (non-hydrogen) atoms. The summed E-state index contributed by atoms with van der Waals surface area (Å²) in [6, 6.07) is 26.9. The van der Waals surface area contributed by atoms with Crippen molar-refractivity contribution in [3.8, 4) is 0 Å². The Kier molecular flexibility index (Phi) is 9.27. The Balaban J connectivity index is 1.60. The van der Waals surface area contributed by atoms with Crippen LogP contribution in [0.4, 0.5) is 0 Å². The maximum absolute atomic E-state index is 13.7. The number of carbonyl (C=O) groups is 2. The van der Waals surface area contributed by atoms with E-state index in [1.807, 2.05) is 84.9 Å². The summed E-state index contributed by atoms with van der Waals surface area (Å²) in [7, 11) is 0. The van der Waals surface area contributed by atoms with Crippen LogP contribution in [0.15, 0.2) is 89.8 Å². The highest BCUT2D eigenvalue weighted by Gasteiger charge is 2.32. The average Bonchev–Trinajstić information content (AvgIpc) is 3.40. The van der Waals surface area contributed by atoms with Crippen molar-refractivity contribution in [2.45, 2.75) is 55.6 Å². The van der Waals surface area contributed by atoms with Gasteiger partial charge >= 0.3 is 0 Å². The maximum Gasteiger partial charge on any atom is 0.243 e. The van der Waals surface area contributed by atoms with E-state index in [0.717, 1.165) is 41.7 Å². The van der Waals surface area contributed by atoms with Crippen molar-refractivity contribution in [3.05, 3.63) is 101 Å². The second kappa shape index (κ2) is 12.8. The van der Waals surface area contributed by atoms with Crippen LogP contribution in [0.3, 0.4) is 0 Å². The third-order valence-corrected chi connectivity index (χ3v) is 7.59. The molecule has 1 N–H and O–H groups in total. The fourth-order valence-electron chi connectivity index (χ4n) is 4.45. The number of amides is 2. The number of carbonyl (C=O) groups excluding carboxylic acids is 2. The van der Waals surface area contributed by atoms with Crippen molar-refractivity contribution >= 4 is 35.2 Å². The van der Waals surface area contributed by atoms with Crippen LogP contribution in [-0.4, -0.2) is 34.6 Å². The van der Waals surface area contributed by atoms with Crippen LogP contribution in [0.5, 0.6) is 0 Å². The third kappa shape index (κ3) is 7.61. The second-order valence-corrected chi connectivity index (χ2v) is 10.4. The van der Waals surface area contributed by atoms with Crippen LogP contribution in [0.2, 0.25) is 5.02 Å². The van der Waals surface area contributed by atoms with Gasteiger partial charge in [0.25, 0.3) is 0 Å². The molecule has 1 saturated carbocycles. The summed E-state index contributed by atoms with van der Waals surface area (Å²) in [4.78, 5) is 30.1. The third-order valence-electron chi connectivity index (χ3n) is 6.34. The lowest BCUT2D eigenvalue weighted by Crippen LogP contribution is -2.52. The van der Waals surface area contributed by atoms with Crippen LogP contribution < -0.4 is 5.32 Å². The quantitative estimate of drug-likeness (QED) is 0.336. The van der Waals surface area contributed by atoms with Crippen LogP contribution in [-0.2, 0) is 22.6 Å². The minimum Gasteiger partial charge on any atom is -0.352 e. The Bertz CT molecular complexity index is 1090. The number of halogens is 1. The van der Waals surface area contributed by atoms with Gasteiger partial charge in [-0.25, -0.2) is 0 Å². The van der Waals surface area contributed by atoms with Gasteiger partial charge in [0, 0.05) is 28.9 Å². The second-order valence-electron chi connectivity index (χ2n) is 8.95. The van der Waals surface area contributed by atoms with E-state index in [1.165, 1.54) is 11.8 Å². The lowest BCUT2D eigenvalue weighted by atomic mass is 10.0. The molecule has 4 nitrogen and oxygen atoms in total. The highest BCUT2D eigenvalue weighted by Crippen LogP contribution is 2.23. The minimum atomic E-state index is -0.599. The van der Waals surface area contributed by atoms with Crippen LogP contribution >= 0.6 is 23.4 Å². The number of hydrogen-bond acceptors (Lipinski definition) is 3. The normalized spacial score (nSPS) is 14.4. The largest absolute Gasteiger partial charge is 0.352 e. The fourth-order valence-corrected chi connectivity index (χ4v) is 5.38. The smallest absolute Gasteiger partial charge is 0.243 e. The van der Waals surface area contributed by atoms with E-state index >= 15 is 0 Å². The first-order chi connectivity index (χ1) is 17.1. The molecule has 0 bridgehead atoms. The summed E-state index contributed by atoms with van der Waals surface area (Å²) >= 11 is 7.59. The van der Waals surface area contributed by atoms with E-state index in [0.29, 0.717) is 18.0 Å². The molecule has 1 atom stereocenters. The van der Waals surface area contributed by atoms with Gasteiger partial charge in [-0.1, -0.05) is 85.1 Å². The molecule has 0 aromatic heterocycles. The van der Waals surface area contributed by atoms with Crippen molar-refractivity contribution in [3.63, 3.8) is 0 Å². The molecule has 3 aromatic rings. The standard InChI is InChI=1S/C29H31ClN2O2S/c30-24-17-15-23(16-18-24)20-32(28(33)21-35-26-13-5-2-6-14-26)27(19-22-9-3-1-4-10-22)29(34)31-25-11-7-8-12-25/h1-6,9-10,13-18,25,27H,7-8,11-12,19-21H2,(H,31,34). The van der Waals surface area contributed by atoms with Gasteiger partial charge in [-0.15, -0.1) is 11.8 Å². The molecule has 1 fully saturated rings. The number of rotatable bonds is 10. The van der Waals surface area contributed by atoms with Crippen LogP contribution in [0.1, 0.15) is 36.8 Å². The van der Waals surface area contributed by atoms with Gasteiger partial charge in [-0.05, 0) is 48.2 Å². The molecular formula is C29H31ClN2O2S. The van der Waals surface area contributed by atoms with Crippen molar-refractivity contribution in [1.82, 2.24) is 10.2 Å². The van der Waals surface area contributed by atoms with Gasteiger partial charge in [0.05, 0.1) is 5.75 Å². The van der Waals surface area contributed by atoms with Gasteiger partial charge < -0.3 is 10.2 Å². The summed E-state index contributed by atoms with van der Waals surface area (Å²) in [6.45, 7) is 0.348. The Hall–Kier alpha value is -2.76. The summed E-state index contributed by atoms with van der Waals surface area (Å²) < 4.78 is 0. The van der Waals surface area contributed by atoms with Crippen LogP contribution in [0.25, 0.3) is 0 Å². The highest BCUT2D eigenvalue weighted by atomic mass is 35.5. The molecule has 2 amide bonds. The van der Waals surface area contributed by atoms with E-state index in [9.17, 15) is 9.59 Å². The van der Waals surface area contributed by atoms with Crippen molar-refractivity contribution in [2.75, 3.05) is 5.75 Å². The first-order valence-corrected chi connectivity index (χ1v) is 13.5. The zero-order valence-electron chi connectivity index (χ0n) is 19.7. The Labute approximate surface area is 217 Å². The Morgan fingerprint density at radius 2 is 1.51 bits per heavy atom. The molecule has 0 spiro atoms. The molecule has 6 heteroatoms. The van der Waals surface area contributed by atoms with Crippen molar-refractivity contribution in [2.24, 2.45) is 0 Å². The molecule has 1 unspecified atom stereocenters. The lowest BCUT2D eigenvalue weighted by Gasteiger charge is -2.32. The number of nitrogens with zero attached hydrogens (tertiary/aromatic N) is 1. The first kappa shape index (κ1) is 25.3. The van der Waals surface area contributed by atoms with Crippen molar-refractivity contribution in [1.29, 1.82) is 0 Å². The number of benzene rings is 3. The van der Waals surface area contributed by atoms with Gasteiger partial charge in [0.2, 0.25) is 11.8 Å². The monoisotopic (exact) mass is 506 g/mol. The number of hydrogen-bond donors (Lipinski definition) is 1. The molecule has 4 rings (SSSR count). The molecular weight excluding hydrogens is 476 g/mol. The fraction of sp³-hybridized carbons (Fsp3) is 0.310.